The van der Waals surface area contributed by atoms with Gasteiger partial charge in [0, 0.05) is 23.6 Å². The van der Waals surface area contributed by atoms with Crippen molar-refractivity contribution in [2.75, 3.05) is 22.6 Å². The molecule has 3 heterocycles. The minimum absolute atomic E-state index is 0.0812. The van der Waals surface area contributed by atoms with Crippen molar-refractivity contribution in [1.82, 2.24) is 4.98 Å². The molecular formula is C17H16N4O3. The van der Waals surface area contributed by atoms with Gasteiger partial charge in [0.05, 0.1) is 18.0 Å². The van der Waals surface area contributed by atoms with E-state index in [9.17, 15) is 9.59 Å². The second-order valence-corrected chi connectivity index (χ2v) is 5.66. The van der Waals surface area contributed by atoms with Crippen LogP contribution in [0.25, 0.3) is 0 Å². The summed E-state index contributed by atoms with van der Waals surface area (Å²) in [5.41, 5.74) is 4.05. The second-order valence-electron chi connectivity index (χ2n) is 5.66. The molecule has 0 aliphatic carbocycles. The first-order chi connectivity index (χ1) is 11.7. The number of ether oxygens (including phenoxy) is 1. The van der Waals surface area contributed by atoms with Gasteiger partial charge in [-0.2, -0.15) is 0 Å². The molecule has 2 aliphatic rings. The number of pyridine rings is 1. The predicted octanol–water partition coefficient (Wildman–Crippen LogP) is 2.22. The fourth-order valence-corrected chi connectivity index (χ4v) is 3.08. The van der Waals surface area contributed by atoms with E-state index in [1.807, 2.05) is 24.3 Å². The molecule has 7 nitrogen and oxygen atoms in total. The van der Waals surface area contributed by atoms with Gasteiger partial charge < -0.3 is 20.7 Å². The summed E-state index contributed by atoms with van der Waals surface area (Å²) in [6, 6.07) is 7.52. The maximum atomic E-state index is 12.1. The Morgan fingerprint density at radius 1 is 1.17 bits per heavy atom. The van der Waals surface area contributed by atoms with Crippen molar-refractivity contribution < 1.29 is 14.3 Å². The first kappa shape index (κ1) is 14.5. The number of esters is 1. The van der Waals surface area contributed by atoms with Crippen LogP contribution < -0.4 is 16.0 Å². The third kappa shape index (κ3) is 2.25. The van der Waals surface area contributed by atoms with Crippen molar-refractivity contribution in [3.8, 4) is 0 Å². The molecule has 2 unspecified atom stereocenters. The van der Waals surface area contributed by atoms with Gasteiger partial charge >= 0.3 is 5.97 Å². The summed E-state index contributed by atoms with van der Waals surface area (Å²) in [6.07, 6.45) is 3.39. The van der Waals surface area contributed by atoms with E-state index in [-0.39, 0.29) is 18.7 Å². The highest BCUT2D eigenvalue weighted by Crippen LogP contribution is 2.43. The number of hydrogen-bond acceptors (Lipinski definition) is 6. The number of aromatic nitrogens is 1. The SMILES string of the molecule is CCOC(=O)C1C(=O)Nc2cc3c(cc21)NC(c1ccncc1)N3. The van der Waals surface area contributed by atoms with Crippen LogP contribution in [0.15, 0.2) is 36.7 Å². The van der Waals surface area contributed by atoms with Crippen molar-refractivity contribution in [2.24, 2.45) is 0 Å². The molecule has 3 N–H and O–H groups in total. The first-order valence-electron chi connectivity index (χ1n) is 7.76. The summed E-state index contributed by atoms with van der Waals surface area (Å²) in [4.78, 5) is 28.2. The molecule has 1 aromatic carbocycles. The number of amides is 1. The van der Waals surface area contributed by atoms with E-state index in [0.717, 1.165) is 16.9 Å². The standard InChI is InChI=1S/C17H16N4O3/c1-2-24-17(23)14-10-7-12-13(8-11(10)21-16(14)22)20-15(19-12)9-3-5-18-6-4-9/h3-8,14-15,19-20H,2H2,1H3,(H,21,22). The van der Waals surface area contributed by atoms with Gasteiger partial charge in [-0.15, -0.1) is 0 Å². The lowest BCUT2D eigenvalue weighted by Crippen LogP contribution is -2.23. The molecule has 0 spiro atoms. The number of carbonyl (C=O) groups is 2. The number of rotatable bonds is 3. The Bertz CT molecular complexity index is 822. The fraction of sp³-hybridized carbons (Fsp3) is 0.235. The Hall–Kier alpha value is -3.09. The van der Waals surface area contributed by atoms with Crippen LogP contribution in [0.3, 0.4) is 0 Å². The Balaban J connectivity index is 1.65. The van der Waals surface area contributed by atoms with Gasteiger partial charge in [0.1, 0.15) is 6.17 Å². The van der Waals surface area contributed by atoms with Gasteiger partial charge in [0.25, 0.3) is 0 Å². The Kier molecular flexibility index (Phi) is 3.34. The van der Waals surface area contributed by atoms with Gasteiger partial charge in [-0.05, 0) is 36.8 Å². The topological polar surface area (TPSA) is 92.4 Å². The molecule has 2 aromatic rings. The van der Waals surface area contributed by atoms with Crippen LogP contribution in [-0.4, -0.2) is 23.5 Å². The second kappa shape index (κ2) is 5.52. The van der Waals surface area contributed by atoms with Crippen molar-refractivity contribution in [3.05, 3.63) is 47.8 Å². The normalized spacial score (nSPS) is 20.5. The van der Waals surface area contributed by atoms with E-state index in [1.54, 1.807) is 19.3 Å². The van der Waals surface area contributed by atoms with E-state index in [0.29, 0.717) is 11.3 Å². The zero-order chi connectivity index (χ0) is 16.7. The number of hydrogen-bond donors (Lipinski definition) is 3. The zero-order valence-corrected chi connectivity index (χ0v) is 13.0. The van der Waals surface area contributed by atoms with E-state index in [4.69, 9.17) is 4.74 Å². The molecule has 0 bridgehead atoms. The van der Waals surface area contributed by atoms with Gasteiger partial charge in [-0.1, -0.05) is 0 Å². The Morgan fingerprint density at radius 2 is 1.88 bits per heavy atom. The van der Waals surface area contributed by atoms with E-state index in [1.165, 1.54) is 0 Å². The lowest BCUT2D eigenvalue weighted by Gasteiger charge is -2.12. The van der Waals surface area contributed by atoms with Crippen LogP contribution in [0.4, 0.5) is 17.1 Å². The van der Waals surface area contributed by atoms with Gasteiger partial charge in [-0.25, -0.2) is 0 Å². The summed E-state index contributed by atoms with van der Waals surface area (Å²) in [5.74, 6) is -1.78. The number of benzene rings is 1. The van der Waals surface area contributed by atoms with Crippen molar-refractivity contribution >= 4 is 28.9 Å². The third-order valence-corrected chi connectivity index (χ3v) is 4.18. The average molecular weight is 324 g/mol. The average Bonchev–Trinajstić information content (AvgIpc) is 3.12. The molecule has 1 amide bonds. The smallest absolute Gasteiger partial charge is 0.323 e. The van der Waals surface area contributed by atoms with E-state index < -0.39 is 11.9 Å². The van der Waals surface area contributed by atoms with Crippen molar-refractivity contribution in [2.45, 2.75) is 19.0 Å². The highest BCUT2D eigenvalue weighted by atomic mass is 16.5. The monoisotopic (exact) mass is 324 g/mol. The molecule has 1 aromatic heterocycles. The summed E-state index contributed by atoms with van der Waals surface area (Å²) < 4.78 is 5.02. The van der Waals surface area contributed by atoms with E-state index >= 15 is 0 Å². The molecule has 0 saturated heterocycles. The fourth-order valence-electron chi connectivity index (χ4n) is 3.08. The summed E-state index contributed by atoms with van der Waals surface area (Å²) in [7, 11) is 0. The largest absolute Gasteiger partial charge is 0.465 e. The minimum Gasteiger partial charge on any atom is -0.465 e. The van der Waals surface area contributed by atoms with Gasteiger partial charge in [0.15, 0.2) is 5.92 Å². The Labute approximate surface area is 138 Å². The van der Waals surface area contributed by atoms with Gasteiger partial charge in [-0.3, -0.25) is 14.6 Å². The van der Waals surface area contributed by atoms with Crippen LogP contribution in [0, 0.1) is 0 Å². The molecular weight excluding hydrogens is 308 g/mol. The molecule has 4 rings (SSSR count). The Morgan fingerprint density at radius 3 is 2.58 bits per heavy atom. The maximum absolute atomic E-state index is 12.1. The van der Waals surface area contributed by atoms with E-state index in [2.05, 4.69) is 20.9 Å². The lowest BCUT2D eigenvalue weighted by atomic mass is 10.00. The molecule has 24 heavy (non-hydrogen) atoms. The van der Waals surface area contributed by atoms with Crippen LogP contribution in [-0.2, 0) is 14.3 Å². The predicted molar refractivity (Wildman–Crippen MR) is 88.7 cm³/mol. The summed E-state index contributed by atoms with van der Waals surface area (Å²) >= 11 is 0. The summed E-state index contributed by atoms with van der Waals surface area (Å²) in [5, 5.41) is 9.47. The van der Waals surface area contributed by atoms with Gasteiger partial charge in [0.2, 0.25) is 5.91 Å². The number of anilines is 3. The maximum Gasteiger partial charge on any atom is 0.323 e. The zero-order valence-electron chi connectivity index (χ0n) is 13.0. The molecule has 0 saturated carbocycles. The minimum atomic E-state index is -0.910. The highest BCUT2D eigenvalue weighted by molar-refractivity contribution is 6.15. The molecule has 0 radical (unpaired) electrons. The van der Waals surface area contributed by atoms with Crippen LogP contribution in [0.5, 0.6) is 0 Å². The first-order valence-corrected chi connectivity index (χ1v) is 7.76. The molecule has 2 aliphatic heterocycles. The highest BCUT2D eigenvalue weighted by Gasteiger charge is 2.39. The number of fused-ring (bicyclic) bond motifs is 2. The molecule has 2 atom stereocenters. The molecule has 122 valence electrons. The van der Waals surface area contributed by atoms with Crippen LogP contribution in [0.1, 0.15) is 30.1 Å². The van der Waals surface area contributed by atoms with Crippen molar-refractivity contribution in [3.63, 3.8) is 0 Å². The number of nitrogens with one attached hydrogen (secondary N) is 3. The summed E-state index contributed by atoms with van der Waals surface area (Å²) in [6.45, 7) is 1.96. The lowest BCUT2D eigenvalue weighted by molar-refractivity contribution is -0.147. The van der Waals surface area contributed by atoms with Crippen molar-refractivity contribution in [1.29, 1.82) is 0 Å². The molecule has 7 heteroatoms. The van der Waals surface area contributed by atoms with Crippen LogP contribution >= 0.6 is 0 Å². The number of carbonyl (C=O) groups excluding carboxylic acids is 2. The van der Waals surface area contributed by atoms with Crippen LogP contribution in [0.2, 0.25) is 0 Å². The third-order valence-electron chi connectivity index (χ3n) is 4.18. The number of nitrogens with zero attached hydrogens (tertiary/aromatic N) is 1. The quantitative estimate of drug-likeness (QED) is 0.592. The molecule has 0 fully saturated rings.